The number of amides is 1. The van der Waals surface area contributed by atoms with Crippen LogP contribution in [0.25, 0.3) is 22.8 Å². The van der Waals surface area contributed by atoms with Gasteiger partial charge in [0.15, 0.2) is 0 Å². The summed E-state index contributed by atoms with van der Waals surface area (Å²) in [6.45, 7) is 3.18. The number of benzene rings is 2. The van der Waals surface area contributed by atoms with Gasteiger partial charge < -0.3 is 14.0 Å². The molecule has 5 rings (SSSR count). The lowest BCUT2D eigenvalue weighted by Crippen LogP contribution is -2.23. The second-order valence-corrected chi connectivity index (χ2v) is 7.99. The molecule has 2 aromatic carbocycles. The summed E-state index contributed by atoms with van der Waals surface area (Å²) in [7, 11) is 0. The molecule has 0 unspecified atom stereocenters. The van der Waals surface area contributed by atoms with E-state index >= 15 is 0 Å². The summed E-state index contributed by atoms with van der Waals surface area (Å²) in [5, 5.41) is 4.08. The van der Waals surface area contributed by atoms with Crippen LogP contribution in [0.15, 0.2) is 76.2 Å². The number of nitrogens with zero attached hydrogens (tertiary/aromatic N) is 4. The summed E-state index contributed by atoms with van der Waals surface area (Å²) in [6, 6.07) is 18.8. The van der Waals surface area contributed by atoms with E-state index in [1.807, 2.05) is 55.5 Å². The summed E-state index contributed by atoms with van der Waals surface area (Å²) >= 11 is 0. The van der Waals surface area contributed by atoms with E-state index in [0.29, 0.717) is 30.2 Å². The van der Waals surface area contributed by atoms with Gasteiger partial charge in [-0.1, -0.05) is 47.1 Å². The van der Waals surface area contributed by atoms with Gasteiger partial charge in [-0.05, 0) is 37.1 Å². The van der Waals surface area contributed by atoms with Gasteiger partial charge in [0, 0.05) is 36.5 Å². The highest BCUT2D eigenvalue weighted by molar-refractivity contribution is 5.95. The fourth-order valence-corrected chi connectivity index (χ4v) is 3.84. The molecule has 3 heterocycles. The molecule has 1 amide bonds. The standard InChI is InChI=1S/C25H22N4O3/c1-17-4-8-19(9-5-17)24-26-25(32-27-24)20-10-13-22(30)28(16-20)15-18-6-11-21(12-7-18)29-14-2-3-23(29)31/h4-13,16H,2-3,14-15H2,1H3. The Balaban J connectivity index is 1.37. The average molecular weight is 426 g/mol. The van der Waals surface area contributed by atoms with Gasteiger partial charge in [0.1, 0.15) is 0 Å². The van der Waals surface area contributed by atoms with Crippen LogP contribution in [0.2, 0.25) is 0 Å². The number of aromatic nitrogens is 3. The van der Waals surface area contributed by atoms with Crippen LogP contribution >= 0.6 is 0 Å². The normalized spacial score (nSPS) is 13.7. The Bertz CT molecular complexity index is 1320. The first-order chi connectivity index (χ1) is 15.6. The average Bonchev–Trinajstić information content (AvgIpc) is 3.46. The Hall–Kier alpha value is -4.00. The second-order valence-electron chi connectivity index (χ2n) is 7.99. The predicted octanol–water partition coefficient (Wildman–Crippen LogP) is 4.05. The van der Waals surface area contributed by atoms with E-state index < -0.39 is 0 Å². The number of rotatable bonds is 5. The fraction of sp³-hybridized carbons (Fsp3) is 0.200. The fourth-order valence-electron chi connectivity index (χ4n) is 3.84. The summed E-state index contributed by atoms with van der Waals surface area (Å²) in [5.41, 5.74) is 4.44. The first-order valence-electron chi connectivity index (χ1n) is 10.6. The van der Waals surface area contributed by atoms with Crippen molar-refractivity contribution < 1.29 is 9.32 Å². The largest absolute Gasteiger partial charge is 0.334 e. The maximum Gasteiger partial charge on any atom is 0.259 e. The Labute approximate surface area is 184 Å². The van der Waals surface area contributed by atoms with Crippen molar-refractivity contribution >= 4 is 11.6 Å². The van der Waals surface area contributed by atoms with Crippen molar-refractivity contribution in [2.24, 2.45) is 0 Å². The molecule has 7 heteroatoms. The van der Waals surface area contributed by atoms with Crippen molar-refractivity contribution in [1.29, 1.82) is 0 Å². The topological polar surface area (TPSA) is 81.2 Å². The number of hydrogen-bond donors (Lipinski definition) is 0. The summed E-state index contributed by atoms with van der Waals surface area (Å²) in [6.07, 6.45) is 3.22. The van der Waals surface area contributed by atoms with Gasteiger partial charge in [-0.15, -0.1) is 0 Å². The van der Waals surface area contributed by atoms with Crippen LogP contribution in [-0.4, -0.2) is 27.2 Å². The van der Waals surface area contributed by atoms with Crippen molar-refractivity contribution in [3.8, 4) is 22.8 Å². The molecule has 1 aliphatic heterocycles. The van der Waals surface area contributed by atoms with E-state index in [9.17, 15) is 9.59 Å². The molecule has 0 spiro atoms. The van der Waals surface area contributed by atoms with Gasteiger partial charge in [0.05, 0.1) is 12.1 Å². The molecule has 0 radical (unpaired) electrons. The summed E-state index contributed by atoms with van der Waals surface area (Å²) < 4.78 is 7.06. The number of anilines is 1. The Morgan fingerprint density at radius 3 is 2.41 bits per heavy atom. The lowest BCUT2D eigenvalue weighted by atomic mass is 10.1. The molecule has 0 N–H and O–H groups in total. The third kappa shape index (κ3) is 3.97. The molecular weight excluding hydrogens is 404 g/mol. The van der Waals surface area contributed by atoms with Crippen LogP contribution in [0.3, 0.4) is 0 Å². The molecule has 2 aromatic heterocycles. The van der Waals surface area contributed by atoms with Gasteiger partial charge in [0.2, 0.25) is 11.7 Å². The molecule has 1 fully saturated rings. The summed E-state index contributed by atoms with van der Waals surface area (Å²) in [5.74, 6) is 1.02. The molecule has 1 aliphatic rings. The Morgan fingerprint density at radius 1 is 0.938 bits per heavy atom. The number of aryl methyl sites for hydroxylation is 1. The smallest absolute Gasteiger partial charge is 0.259 e. The van der Waals surface area contributed by atoms with Crippen LogP contribution in [0.4, 0.5) is 5.69 Å². The van der Waals surface area contributed by atoms with Gasteiger partial charge in [-0.2, -0.15) is 4.98 Å². The highest BCUT2D eigenvalue weighted by Crippen LogP contribution is 2.23. The zero-order valence-electron chi connectivity index (χ0n) is 17.7. The third-order valence-electron chi connectivity index (χ3n) is 5.64. The van der Waals surface area contributed by atoms with Crippen molar-refractivity contribution in [2.45, 2.75) is 26.3 Å². The zero-order valence-corrected chi connectivity index (χ0v) is 17.7. The quantitative estimate of drug-likeness (QED) is 0.481. The molecular formula is C25H22N4O3. The molecule has 0 aliphatic carbocycles. The molecule has 0 saturated carbocycles. The zero-order chi connectivity index (χ0) is 22.1. The van der Waals surface area contributed by atoms with Gasteiger partial charge in [0.25, 0.3) is 11.4 Å². The highest BCUT2D eigenvalue weighted by Gasteiger charge is 2.21. The minimum Gasteiger partial charge on any atom is -0.334 e. The van der Waals surface area contributed by atoms with Crippen LogP contribution in [0.5, 0.6) is 0 Å². The van der Waals surface area contributed by atoms with Crippen LogP contribution in [0, 0.1) is 6.92 Å². The van der Waals surface area contributed by atoms with Crippen molar-refractivity contribution in [2.75, 3.05) is 11.4 Å². The highest BCUT2D eigenvalue weighted by atomic mass is 16.5. The Kier molecular flexibility index (Phi) is 5.15. The molecule has 160 valence electrons. The van der Waals surface area contributed by atoms with Crippen molar-refractivity contribution in [1.82, 2.24) is 14.7 Å². The first kappa shape index (κ1) is 19.9. The molecule has 1 saturated heterocycles. The number of pyridine rings is 1. The molecule has 32 heavy (non-hydrogen) atoms. The lowest BCUT2D eigenvalue weighted by molar-refractivity contribution is -0.117. The maximum atomic E-state index is 12.4. The SMILES string of the molecule is Cc1ccc(-c2noc(-c3ccc(=O)n(Cc4ccc(N5CCCC5=O)cc4)c3)n2)cc1. The minimum absolute atomic E-state index is 0.120. The number of carbonyl (C=O) groups is 1. The van der Waals surface area contributed by atoms with Crippen LogP contribution in [-0.2, 0) is 11.3 Å². The monoisotopic (exact) mass is 426 g/mol. The van der Waals surface area contributed by atoms with Gasteiger partial charge >= 0.3 is 0 Å². The van der Waals surface area contributed by atoms with Crippen molar-refractivity contribution in [3.63, 3.8) is 0 Å². The van der Waals surface area contributed by atoms with E-state index in [1.165, 1.54) is 6.07 Å². The van der Waals surface area contributed by atoms with Gasteiger partial charge in [-0.3, -0.25) is 9.59 Å². The molecule has 0 bridgehead atoms. The second kappa shape index (κ2) is 8.26. The molecule has 7 nitrogen and oxygen atoms in total. The van der Waals surface area contributed by atoms with E-state index in [1.54, 1.807) is 21.7 Å². The predicted molar refractivity (Wildman–Crippen MR) is 121 cm³/mol. The van der Waals surface area contributed by atoms with E-state index in [-0.39, 0.29) is 11.5 Å². The molecule has 0 atom stereocenters. The summed E-state index contributed by atoms with van der Waals surface area (Å²) in [4.78, 5) is 30.7. The van der Waals surface area contributed by atoms with E-state index in [0.717, 1.165) is 35.3 Å². The Morgan fingerprint density at radius 2 is 1.69 bits per heavy atom. The first-order valence-corrected chi connectivity index (χ1v) is 10.6. The minimum atomic E-state index is -0.120. The lowest BCUT2D eigenvalue weighted by Gasteiger charge is -2.16. The van der Waals surface area contributed by atoms with E-state index in [2.05, 4.69) is 10.1 Å². The van der Waals surface area contributed by atoms with Crippen LogP contribution < -0.4 is 10.5 Å². The van der Waals surface area contributed by atoms with Crippen molar-refractivity contribution in [3.05, 3.63) is 88.3 Å². The number of hydrogen-bond acceptors (Lipinski definition) is 5. The number of carbonyl (C=O) groups excluding carboxylic acids is 1. The van der Waals surface area contributed by atoms with Crippen LogP contribution in [0.1, 0.15) is 24.0 Å². The third-order valence-corrected chi connectivity index (χ3v) is 5.64. The van der Waals surface area contributed by atoms with Gasteiger partial charge in [-0.25, -0.2) is 0 Å². The maximum absolute atomic E-state index is 12.4. The molecule has 4 aromatic rings. The van der Waals surface area contributed by atoms with E-state index in [4.69, 9.17) is 4.52 Å².